The van der Waals surface area contributed by atoms with Crippen molar-refractivity contribution in [2.24, 2.45) is 0 Å². The number of tetrazole rings is 1. The zero-order valence-electron chi connectivity index (χ0n) is 11.9. The number of fused-ring (bicyclic) bond motifs is 1. The van der Waals surface area contributed by atoms with E-state index in [0.717, 1.165) is 10.3 Å². The molecule has 0 fully saturated rings. The maximum atomic E-state index is 11.1. The van der Waals surface area contributed by atoms with Crippen molar-refractivity contribution >= 4 is 28.2 Å². The highest BCUT2D eigenvalue weighted by Crippen LogP contribution is 2.36. The Morgan fingerprint density at radius 1 is 1.27 bits per heavy atom. The Labute approximate surface area is 129 Å². The average Bonchev–Trinajstić information content (AvgIpc) is 2.95. The van der Waals surface area contributed by atoms with E-state index in [-0.39, 0.29) is 11.7 Å². The van der Waals surface area contributed by atoms with Crippen LogP contribution in [0.15, 0.2) is 40.6 Å². The molecule has 0 N–H and O–H groups in total. The van der Waals surface area contributed by atoms with Crippen molar-refractivity contribution in [1.82, 2.24) is 25.2 Å². The van der Waals surface area contributed by atoms with Gasteiger partial charge in [0, 0.05) is 28.7 Å². The monoisotopic (exact) mass is 316 g/mol. The lowest BCUT2D eigenvalue weighted by Crippen LogP contribution is -2.04. The molecule has 0 unspecified atom stereocenters. The van der Waals surface area contributed by atoms with Crippen LogP contribution in [0.2, 0.25) is 0 Å². The number of non-ortho nitro benzene ring substituents is 1. The van der Waals surface area contributed by atoms with Crippen LogP contribution in [0, 0.1) is 10.1 Å². The van der Waals surface area contributed by atoms with Gasteiger partial charge < -0.3 is 0 Å². The highest BCUT2D eigenvalue weighted by Gasteiger charge is 2.17. The van der Waals surface area contributed by atoms with Gasteiger partial charge in [-0.2, -0.15) is 0 Å². The normalized spacial score (nSPS) is 11.2. The predicted molar refractivity (Wildman–Crippen MR) is 80.7 cm³/mol. The Hall–Kier alpha value is -2.55. The Balaban J connectivity index is 2.10. The molecule has 8 nitrogen and oxygen atoms in total. The lowest BCUT2D eigenvalue weighted by Gasteiger charge is -2.09. The molecule has 1 aromatic carbocycles. The summed E-state index contributed by atoms with van der Waals surface area (Å²) < 4.78 is 1.71. The van der Waals surface area contributed by atoms with Gasteiger partial charge in [0.15, 0.2) is 0 Å². The van der Waals surface area contributed by atoms with E-state index in [1.54, 1.807) is 23.0 Å². The molecule has 0 atom stereocenters. The summed E-state index contributed by atoms with van der Waals surface area (Å²) in [5.74, 6) is 0. The van der Waals surface area contributed by atoms with E-state index in [2.05, 4.69) is 20.5 Å². The molecule has 0 saturated heterocycles. The molecule has 112 valence electrons. The predicted octanol–water partition coefficient (Wildman–Crippen LogP) is 2.86. The summed E-state index contributed by atoms with van der Waals surface area (Å²) in [6.45, 7) is 3.97. The Bertz CT molecular complexity index is 847. The van der Waals surface area contributed by atoms with E-state index in [0.29, 0.717) is 10.5 Å². The third-order valence-corrected chi connectivity index (χ3v) is 4.13. The van der Waals surface area contributed by atoms with Crippen molar-refractivity contribution < 1.29 is 4.92 Å². The van der Waals surface area contributed by atoms with Crippen molar-refractivity contribution in [2.45, 2.75) is 29.9 Å². The van der Waals surface area contributed by atoms with Gasteiger partial charge in [0.25, 0.3) is 5.69 Å². The molecule has 0 aliphatic carbocycles. The lowest BCUT2D eigenvalue weighted by molar-refractivity contribution is -0.383. The molecular weight excluding hydrogens is 304 g/mol. The summed E-state index contributed by atoms with van der Waals surface area (Å²) in [6.07, 6.45) is 3.12. The lowest BCUT2D eigenvalue weighted by atomic mass is 10.1. The van der Waals surface area contributed by atoms with Gasteiger partial charge in [-0.1, -0.05) is 0 Å². The number of pyridine rings is 1. The molecular formula is C13H12N6O2S. The van der Waals surface area contributed by atoms with Gasteiger partial charge >= 0.3 is 0 Å². The summed E-state index contributed by atoms with van der Waals surface area (Å²) >= 11 is 1.38. The first-order valence-corrected chi connectivity index (χ1v) is 7.36. The van der Waals surface area contributed by atoms with E-state index < -0.39 is 4.92 Å². The number of nitro benzene ring substituents is 1. The van der Waals surface area contributed by atoms with Gasteiger partial charge in [-0.05, 0) is 48.2 Å². The highest BCUT2D eigenvalue weighted by atomic mass is 32.2. The third kappa shape index (κ3) is 2.50. The van der Waals surface area contributed by atoms with Gasteiger partial charge in [0.1, 0.15) is 0 Å². The SMILES string of the molecule is CC(C)n1nnnc1Sc1ccc([N+](=O)[O-])c2cnccc12. The van der Waals surface area contributed by atoms with E-state index in [4.69, 9.17) is 0 Å². The second-order valence-corrected chi connectivity index (χ2v) is 5.87. The number of rotatable bonds is 4. The summed E-state index contributed by atoms with van der Waals surface area (Å²) in [7, 11) is 0. The summed E-state index contributed by atoms with van der Waals surface area (Å²) in [6, 6.07) is 5.08. The number of aromatic nitrogens is 5. The van der Waals surface area contributed by atoms with E-state index >= 15 is 0 Å². The van der Waals surface area contributed by atoms with Crippen LogP contribution < -0.4 is 0 Å². The van der Waals surface area contributed by atoms with Crippen LogP contribution in [-0.2, 0) is 0 Å². The maximum absolute atomic E-state index is 11.1. The van der Waals surface area contributed by atoms with E-state index in [9.17, 15) is 10.1 Å². The molecule has 0 aliphatic heterocycles. The summed E-state index contributed by atoms with van der Waals surface area (Å²) in [5.41, 5.74) is 0.0379. The molecule has 0 amide bonds. The minimum atomic E-state index is -0.406. The second kappa shape index (κ2) is 5.68. The molecule has 3 aromatic rings. The minimum absolute atomic E-state index is 0.0379. The molecule has 0 spiro atoms. The first kappa shape index (κ1) is 14.4. The van der Waals surface area contributed by atoms with Crippen LogP contribution in [0.25, 0.3) is 10.8 Å². The molecule has 9 heteroatoms. The van der Waals surface area contributed by atoms with Gasteiger partial charge in [0.05, 0.1) is 16.4 Å². The standard InChI is InChI=1S/C13H12N6O2S/c1-8(2)18-13(15-16-17-18)22-12-4-3-11(19(20)21)10-7-14-6-5-9(10)12/h3-8H,1-2H3. The van der Waals surface area contributed by atoms with E-state index in [1.807, 2.05) is 13.8 Å². The first-order chi connectivity index (χ1) is 10.6. The van der Waals surface area contributed by atoms with Gasteiger partial charge in [0.2, 0.25) is 5.16 Å². The van der Waals surface area contributed by atoms with Crippen LogP contribution in [-0.4, -0.2) is 30.1 Å². The molecule has 3 rings (SSSR count). The quantitative estimate of drug-likeness (QED) is 0.539. The molecule has 2 heterocycles. The maximum Gasteiger partial charge on any atom is 0.278 e. The molecule has 0 bridgehead atoms. The largest absolute Gasteiger partial charge is 0.278 e. The topological polar surface area (TPSA) is 99.6 Å². The molecule has 0 radical (unpaired) electrons. The molecule has 2 aromatic heterocycles. The number of hydrogen-bond acceptors (Lipinski definition) is 7. The molecule has 22 heavy (non-hydrogen) atoms. The van der Waals surface area contributed by atoms with Crippen LogP contribution in [0.5, 0.6) is 0 Å². The van der Waals surface area contributed by atoms with Crippen molar-refractivity contribution in [1.29, 1.82) is 0 Å². The van der Waals surface area contributed by atoms with Gasteiger partial charge in [-0.3, -0.25) is 15.1 Å². The van der Waals surface area contributed by atoms with Gasteiger partial charge in [-0.15, -0.1) is 5.10 Å². The number of nitro groups is 1. The fraction of sp³-hybridized carbons (Fsp3) is 0.231. The highest BCUT2D eigenvalue weighted by molar-refractivity contribution is 7.99. The zero-order valence-corrected chi connectivity index (χ0v) is 12.7. The summed E-state index contributed by atoms with van der Waals surface area (Å²) in [4.78, 5) is 15.5. The number of benzene rings is 1. The number of hydrogen-bond donors (Lipinski definition) is 0. The van der Waals surface area contributed by atoms with Crippen LogP contribution in [0.1, 0.15) is 19.9 Å². The fourth-order valence-corrected chi connectivity index (χ4v) is 3.11. The average molecular weight is 316 g/mol. The smallest absolute Gasteiger partial charge is 0.264 e. The Morgan fingerprint density at radius 3 is 2.82 bits per heavy atom. The van der Waals surface area contributed by atoms with Gasteiger partial charge in [-0.25, -0.2) is 4.68 Å². The zero-order chi connectivity index (χ0) is 15.7. The van der Waals surface area contributed by atoms with Crippen LogP contribution in [0.4, 0.5) is 5.69 Å². The molecule has 0 saturated carbocycles. The van der Waals surface area contributed by atoms with Crippen molar-refractivity contribution in [3.8, 4) is 0 Å². The first-order valence-electron chi connectivity index (χ1n) is 6.54. The number of nitrogens with zero attached hydrogens (tertiary/aromatic N) is 6. The van der Waals surface area contributed by atoms with Crippen LogP contribution >= 0.6 is 11.8 Å². The second-order valence-electron chi connectivity index (χ2n) is 4.86. The van der Waals surface area contributed by atoms with Crippen molar-refractivity contribution in [3.63, 3.8) is 0 Å². The third-order valence-electron chi connectivity index (χ3n) is 3.10. The summed E-state index contributed by atoms with van der Waals surface area (Å²) in [5, 5.41) is 24.7. The Kier molecular flexibility index (Phi) is 3.72. The van der Waals surface area contributed by atoms with E-state index in [1.165, 1.54) is 24.0 Å². The van der Waals surface area contributed by atoms with Crippen molar-refractivity contribution in [2.75, 3.05) is 0 Å². The van der Waals surface area contributed by atoms with Crippen LogP contribution in [0.3, 0.4) is 0 Å². The minimum Gasteiger partial charge on any atom is -0.264 e. The molecule has 0 aliphatic rings. The fourth-order valence-electron chi connectivity index (χ4n) is 2.07. The van der Waals surface area contributed by atoms with Crippen molar-refractivity contribution in [3.05, 3.63) is 40.7 Å². The Morgan fingerprint density at radius 2 is 2.09 bits per heavy atom.